The number of aromatic nitrogens is 2. The highest BCUT2D eigenvalue weighted by molar-refractivity contribution is 5.92. The molecular weight excluding hydrogens is 274 g/mol. The van der Waals surface area contributed by atoms with Gasteiger partial charge in [-0.3, -0.25) is 4.68 Å². The van der Waals surface area contributed by atoms with Crippen LogP contribution in [0.5, 0.6) is 0 Å². The zero-order chi connectivity index (χ0) is 15.4. The van der Waals surface area contributed by atoms with Crippen LogP contribution in [-0.4, -0.2) is 15.7 Å². The standard InChI is InChI=1S/C17H23N5/c1-13-5-4-6-14(11-13)20-17(18)19-12-15-9-10-22(21-15)16-7-2-3-8-16/h4-6,9-11,16H,2-3,7-8,12H2,1H3,(H3,18,19,20). The number of guanidine groups is 1. The molecule has 22 heavy (non-hydrogen) atoms. The highest BCUT2D eigenvalue weighted by atomic mass is 15.3. The van der Waals surface area contributed by atoms with Crippen molar-refractivity contribution in [3.05, 3.63) is 47.8 Å². The van der Waals surface area contributed by atoms with E-state index in [1.165, 1.54) is 31.2 Å². The Hall–Kier alpha value is -2.30. The van der Waals surface area contributed by atoms with E-state index < -0.39 is 0 Å². The van der Waals surface area contributed by atoms with Crippen molar-refractivity contribution < 1.29 is 0 Å². The summed E-state index contributed by atoms with van der Waals surface area (Å²) in [6.07, 6.45) is 7.16. The van der Waals surface area contributed by atoms with Gasteiger partial charge >= 0.3 is 0 Å². The van der Waals surface area contributed by atoms with E-state index >= 15 is 0 Å². The molecule has 2 aromatic rings. The number of aliphatic imine (C=N–C) groups is 1. The molecule has 0 amide bonds. The van der Waals surface area contributed by atoms with Gasteiger partial charge in [0.2, 0.25) is 0 Å². The van der Waals surface area contributed by atoms with Crippen molar-refractivity contribution in [2.24, 2.45) is 10.7 Å². The molecule has 5 nitrogen and oxygen atoms in total. The topological polar surface area (TPSA) is 68.2 Å². The smallest absolute Gasteiger partial charge is 0.193 e. The molecule has 1 saturated carbocycles. The van der Waals surface area contributed by atoms with Crippen LogP contribution in [0.15, 0.2) is 41.5 Å². The maximum Gasteiger partial charge on any atom is 0.193 e. The van der Waals surface area contributed by atoms with Crippen LogP contribution in [0.25, 0.3) is 0 Å². The van der Waals surface area contributed by atoms with Crippen molar-refractivity contribution >= 4 is 11.6 Å². The second-order valence-corrected chi connectivity index (χ2v) is 5.92. The van der Waals surface area contributed by atoms with Gasteiger partial charge < -0.3 is 11.1 Å². The van der Waals surface area contributed by atoms with Crippen molar-refractivity contribution in [3.63, 3.8) is 0 Å². The van der Waals surface area contributed by atoms with Gasteiger partial charge in [0.25, 0.3) is 0 Å². The van der Waals surface area contributed by atoms with Crippen LogP contribution in [0, 0.1) is 6.92 Å². The van der Waals surface area contributed by atoms with Crippen molar-refractivity contribution in [1.29, 1.82) is 0 Å². The van der Waals surface area contributed by atoms with Crippen molar-refractivity contribution in [2.75, 3.05) is 5.32 Å². The molecule has 3 rings (SSSR count). The van der Waals surface area contributed by atoms with Gasteiger partial charge in [-0.1, -0.05) is 25.0 Å². The summed E-state index contributed by atoms with van der Waals surface area (Å²) in [5.74, 6) is 0.418. The highest BCUT2D eigenvalue weighted by Crippen LogP contribution is 2.28. The first-order chi connectivity index (χ1) is 10.7. The first-order valence-electron chi connectivity index (χ1n) is 7.88. The molecular formula is C17H23N5. The first-order valence-corrected chi connectivity index (χ1v) is 7.88. The summed E-state index contributed by atoms with van der Waals surface area (Å²) in [6.45, 7) is 2.55. The molecule has 1 aliphatic carbocycles. The quantitative estimate of drug-likeness (QED) is 0.672. The van der Waals surface area contributed by atoms with Gasteiger partial charge in [-0.15, -0.1) is 0 Å². The lowest BCUT2D eigenvalue weighted by atomic mass is 10.2. The van der Waals surface area contributed by atoms with Crippen LogP contribution in [-0.2, 0) is 6.54 Å². The molecule has 1 aromatic heterocycles. The molecule has 0 unspecified atom stereocenters. The summed E-state index contributed by atoms with van der Waals surface area (Å²) in [5.41, 5.74) is 9.04. The zero-order valence-electron chi connectivity index (χ0n) is 13.0. The van der Waals surface area contributed by atoms with E-state index in [9.17, 15) is 0 Å². The summed E-state index contributed by atoms with van der Waals surface area (Å²) in [6, 6.07) is 10.7. The minimum absolute atomic E-state index is 0.418. The summed E-state index contributed by atoms with van der Waals surface area (Å²) < 4.78 is 2.09. The van der Waals surface area contributed by atoms with Gasteiger partial charge in [0.15, 0.2) is 5.96 Å². The Labute approximate surface area is 131 Å². The second-order valence-electron chi connectivity index (χ2n) is 5.92. The zero-order valence-corrected chi connectivity index (χ0v) is 13.0. The molecule has 0 bridgehead atoms. The molecule has 1 heterocycles. The number of aryl methyl sites for hydroxylation is 1. The fourth-order valence-corrected chi connectivity index (χ4v) is 2.91. The van der Waals surface area contributed by atoms with Crippen LogP contribution in [0.3, 0.4) is 0 Å². The number of nitrogens with zero attached hydrogens (tertiary/aromatic N) is 3. The van der Waals surface area contributed by atoms with Gasteiger partial charge in [-0.05, 0) is 43.5 Å². The fraction of sp³-hybridized carbons (Fsp3) is 0.412. The van der Waals surface area contributed by atoms with Gasteiger partial charge in [0, 0.05) is 11.9 Å². The number of nitrogens with two attached hydrogens (primary N) is 1. The molecule has 0 aliphatic heterocycles. The minimum atomic E-state index is 0.418. The summed E-state index contributed by atoms with van der Waals surface area (Å²) in [7, 11) is 0. The molecule has 0 atom stereocenters. The molecule has 0 radical (unpaired) electrons. The average molecular weight is 297 g/mol. The van der Waals surface area contributed by atoms with Crippen LogP contribution in [0.4, 0.5) is 5.69 Å². The number of hydrogen-bond acceptors (Lipinski definition) is 2. The maximum absolute atomic E-state index is 5.94. The molecule has 1 aromatic carbocycles. The van der Waals surface area contributed by atoms with E-state index in [1.807, 2.05) is 37.3 Å². The Kier molecular flexibility index (Phi) is 4.42. The monoisotopic (exact) mass is 297 g/mol. The normalized spacial score (nSPS) is 16.1. The minimum Gasteiger partial charge on any atom is -0.370 e. The number of anilines is 1. The fourth-order valence-electron chi connectivity index (χ4n) is 2.91. The summed E-state index contributed by atoms with van der Waals surface area (Å²) >= 11 is 0. The van der Waals surface area contributed by atoms with Crippen LogP contribution in [0.2, 0.25) is 0 Å². The van der Waals surface area contributed by atoms with E-state index in [-0.39, 0.29) is 0 Å². The number of rotatable bonds is 4. The van der Waals surface area contributed by atoms with Crippen LogP contribution >= 0.6 is 0 Å². The summed E-state index contributed by atoms with van der Waals surface area (Å²) in [4.78, 5) is 4.37. The molecule has 0 saturated heterocycles. The summed E-state index contributed by atoms with van der Waals surface area (Å²) in [5, 5.41) is 7.72. The highest BCUT2D eigenvalue weighted by Gasteiger charge is 2.17. The number of benzene rings is 1. The lowest BCUT2D eigenvalue weighted by Gasteiger charge is -2.08. The van der Waals surface area contributed by atoms with Gasteiger partial charge in [-0.2, -0.15) is 5.10 Å². The third-order valence-electron chi connectivity index (χ3n) is 4.06. The molecule has 0 spiro atoms. The molecule has 1 aliphatic rings. The maximum atomic E-state index is 5.94. The SMILES string of the molecule is Cc1cccc(NC(N)=NCc2ccn(C3CCCC3)n2)c1. The molecule has 3 N–H and O–H groups in total. The largest absolute Gasteiger partial charge is 0.370 e. The Morgan fingerprint density at radius 3 is 2.95 bits per heavy atom. The number of hydrogen-bond donors (Lipinski definition) is 2. The molecule has 116 valence electrons. The van der Waals surface area contributed by atoms with Crippen LogP contribution in [0.1, 0.15) is 43.0 Å². The van der Waals surface area contributed by atoms with E-state index in [2.05, 4.69) is 26.3 Å². The second kappa shape index (κ2) is 6.64. The van der Waals surface area contributed by atoms with E-state index in [0.29, 0.717) is 18.5 Å². The third-order valence-corrected chi connectivity index (χ3v) is 4.06. The van der Waals surface area contributed by atoms with Gasteiger partial charge in [-0.25, -0.2) is 4.99 Å². The molecule has 5 heteroatoms. The third kappa shape index (κ3) is 3.67. The predicted octanol–water partition coefficient (Wildman–Crippen LogP) is 3.23. The van der Waals surface area contributed by atoms with E-state index in [0.717, 1.165) is 11.4 Å². The lowest BCUT2D eigenvalue weighted by molar-refractivity contribution is 0.463. The average Bonchev–Trinajstić information content (AvgIpc) is 3.16. The number of nitrogens with one attached hydrogen (secondary N) is 1. The lowest BCUT2D eigenvalue weighted by Crippen LogP contribution is -2.22. The Morgan fingerprint density at radius 2 is 2.18 bits per heavy atom. The Morgan fingerprint density at radius 1 is 1.36 bits per heavy atom. The van der Waals surface area contributed by atoms with Crippen molar-refractivity contribution in [3.8, 4) is 0 Å². The van der Waals surface area contributed by atoms with Crippen molar-refractivity contribution in [2.45, 2.75) is 45.2 Å². The Bertz CT molecular complexity index is 653. The first kappa shape index (κ1) is 14.6. The van der Waals surface area contributed by atoms with Crippen molar-refractivity contribution in [1.82, 2.24) is 9.78 Å². The van der Waals surface area contributed by atoms with E-state index in [1.54, 1.807) is 0 Å². The van der Waals surface area contributed by atoms with Gasteiger partial charge in [0.1, 0.15) is 0 Å². The molecule has 1 fully saturated rings. The van der Waals surface area contributed by atoms with E-state index in [4.69, 9.17) is 5.73 Å². The van der Waals surface area contributed by atoms with Crippen LogP contribution < -0.4 is 11.1 Å². The predicted molar refractivity (Wildman–Crippen MR) is 89.9 cm³/mol. The van der Waals surface area contributed by atoms with Gasteiger partial charge in [0.05, 0.1) is 18.3 Å². The Balaban J connectivity index is 1.58.